The number of aliphatic hydroxyl groups is 1. The second kappa shape index (κ2) is 10.9. The molecule has 0 heterocycles. The van der Waals surface area contributed by atoms with E-state index < -0.39 is 47.7 Å². The van der Waals surface area contributed by atoms with Crippen LogP contribution >= 0.6 is 11.8 Å². The molecule has 13 heteroatoms. The molecule has 7 N–H and O–H groups in total. The van der Waals surface area contributed by atoms with Gasteiger partial charge in [0.2, 0.25) is 11.7 Å². The quantitative estimate of drug-likeness (QED) is 0.196. The third-order valence-corrected chi connectivity index (χ3v) is 3.84. The van der Waals surface area contributed by atoms with Gasteiger partial charge < -0.3 is 31.5 Å². The molecule has 3 amide bonds. The number of amides is 3. The highest BCUT2D eigenvalue weighted by atomic mass is 32.2. The van der Waals surface area contributed by atoms with Crippen molar-refractivity contribution in [1.82, 2.24) is 10.2 Å². The fraction of sp³-hybridized carbons (Fsp3) is 0.462. The number of carbonyl (C=O) groups excluding carboxylic acids is 2. The van der Waals surface area contributed by atoms with Crippen molar-refractivity contribution in [3.05, 3.63) is 11.2 Å². The third-order valence-electron chi connectivity index (χ3n) is 2.93. The zero-order valence-electron chi connectivity index (χ0n) is 13.6. The van der Waals surface area contributed by atoms with E-state index in [0.29, 0.717) is 16.7 Å². The van der Waals surface area contributed by atoms with Gasteiger partial charge in [-0.15, -0.1) is 11.8 Å². The summed E-state index contributed by atoms with van der Waals surface area (Å²) in [5, 5.41) is 38.1. The average molecular weight is 393 g/mol. The number of hydrogen-bond donors (Lipinski definition) is 6. The summed E-state index contributed by atoms with van der Waals surface area (Å²) in [6.07, 6.45) is -2.10. The molecule has 12 nitrogen and oxygen atoms in total. The predicted molar refractivity (Wildman–Crippen MR) is 88.4 cm³/mol. The molecule has 0 aromatic heterocycles. The zero-order chi connectivity index (χ0) is 20.4. The first-order valence-corrected chi connectivity index (χ1v) is 8.04. The van der Waals surface area contributed by atoms with Crippen LogP contribution in [0.3, 0.4) is 0 Å². The molecule has 0 spiro atoms. The van der Waals surface area contributed by atoms with E-state index in [9.17, 15) is 24.0 Å². The fourth-order valence-corrected chi connectivity index (χ4v) is 2.23. The smallest absolute Gasteiger partial charge is 0.413 e. The highest BCUT2D eigenvalue weighted by molar-refractivity contribution is 8.02. The van der Waals surface area contributed by atoms with Gasteiger partial charge >= 0.3 is 18.0 Å². The molecule has 0 bridgehead atoms. The second-order valence-electron chi connectivity index (χ2n) is 4.92. The Morgan fingerprint density at radius 3 is 2.19 bits per heavy atom. The number of aliphatic carboxylic acids is 2. The van der Waals surface area contributed by atoms with Crippen LogP contribution in [0.5, 0.6) is 0 Å². The topological polar surface area (TPSA) is 208 Å². The number of likely N-dealkylation sites (N-methyl/N-ethyl adjacent to an activating group) is 1. The van der Waals surface area contributed by atoms with Crippen LogP contribution in [0.25, 0.3) is 0 Å². The molecule has 0 aliphatic carbocycles. The van der Waals surface area contributed by atoms with Crippen molar-refractivity contribution in [2.75, 3.05) is 12.8 Å². The molecule has 0 aliphatic heterocycles. The number of aliphatic hydroxyl groups excluding tert-OH is 1. The Hall–Kier alpha value is -2.80. The van der Waals surface area contributed by atoms with E-state index in [2.05, 4.69) is 5.32 Å². The van der Waals surface area contributed by atoms with Crippen LogP contribution in [0.1, 0.15) is 12.8 Å². The summed E-state index contributed by atoms with van der Waals surface area (Å²) in [5.41, 5.74) is 5.26. The Morgan fingerprint density at radius 1 is 1.15 bits per heavy atom. The molecule has 0 saturated heterocycles. The van der Waals surface area contributed by atoms with Crippen LogP contribution in [-0.2, 0) is 19.2 Å². The maximum absolute atomic E-state index is 12.1. The molecule has 0 fully saturated rings. The summed E-state index contributed by atoms with van der Waals surface area (Å²) >= 11 is 0.660. The van der Waals surface area contributed by atoms with Crippen LogP contribution in [0.2, 0.25) is 0 Å². The van der Waals surface area contributed by atoms with E-state index in [0.717, 1.165) is 12.5 Å². The van der Waals surface area contributed by atoms with Crippen LogP contribution in [0, 0.1) is 0 Å². The Morgan fingerprint density at radius 2 is 1.73 bits per heavy atom. The Kier molecular flexibility index (Phi) is 9.76. The lowest BCUT2D eigenvalue weighted by atomic mass is 10.1. The van der Waals surface area contributed by atoms with Crippen molar-refractivity contribution in [3.63, 3.8) is 0 Å². The Bertz CT molecular complexity index is 608. The monoisotopic (exact) mass is 393 g/mol. The number of imide groups is 1. The number of nitrogens with one attached hydrogen (secondary N) is 1. The maximum Gasteiger partial charge on any atom is 0.413 e. The fourth-order valence-electron chi connectivity index (χ4n) is 1.45. The van der Waals surface area contributed by atoms with Gasteiger partial charge in [0.1, 0.15) is 12.1 Å². The molecular formula is C13H19N3O9S. The van der Waals surface area contributed by atoms with Crippen LogP contribution in [0.4, 0.5) is 4.79 Å². The minimum Gasteiger partial charge on any atom is -0.501 e. The molecule has 2 atom stereocenters. The standard InChI is InChI=1S/C13H19N3O9S/c1-16(13(24)25)10(19)7(4-26-5-8(17)12(22)23)15-9(18)3-2-6(14)11(20)21/h5-7,17H,2-4,14H2,1H3,(H,15,18)(H,20,21)(H,22,23)(H,24,25). The van der Waals surface area contributed by atoms with E-state index in [-0.39, 0.29) is 18.6 Å². The van der Waals surface area contributed by atoms with Crippen molar-refractivity contribution < 1.29 is 44.4 Å². The number of carbonyl (C=O) groups is 5. The summed E-state index contributed by atoms with van der Waals surface area (Å²) in [6, 6.07) is -2.63. The summed E-state index contributed by atoms with van der Waals surface area (Å²) in [5.74, 6) is -5.91. The number of carboxylic acids is 2. The molecule has 0 radical (unpaired) electrons. The normalized spacial score (nSPS) is 13.4. The van der Waals surface area contributed by atoms with Gasteiger partial charge in [0.05, 0.1) is 0 Å². The average Bonchev–Trinajstić information content (AvgIpc) is 2.56. The number of nitrogens with zero attached hydrogens (tertiary/aromatic N) is 1. The van der Waals surface area contributed by atoms with E-state index in [1.807, 2.05) is 0 Å². The molecule has 26 heavy (non-hydrogen) atoms. The largest absolute Gasteiger partial charge is 0.501 e. The first kappa shape index (κ1) is 23.2. The van der Waals surface area contributed by atoms with Crippen LogP contribution in [0.15, 0.2) is 11.2 Å². The predicted octanol–water partition coefficient (Wildman–Crippen LogP) is -0.983. The van der Waals surface area contributed by atoms with Gasteiger partial charge in [-0.25, -0.2) is 14.5 Å². The van der Waals surface area contributed by atoms with E-state index in [1.54, 1.807) is 0 Å². The van der Waals surface area contributed by atoms with Gasteiger partial charge in [0.15, 0.2) is 0 Å². The van der Waals surface area contributed by atoms with Gasteiger partial charge in [0, 0.05) is 24.6 Å². The third kappa shape index (κ3) is 8.34. The second-order valence-corrected chi connectivity index (χ2v) is 5.83. The summed E-state index contributed by atoms with van der Waals surface area (Å²) in [7, 11) is 0.958. The molecule has 146 valence electrons. The number of rotatable bonds is 10. The number of carboxylic acid groups (broad SMARTS) is 3. The van der Waals surface area contributed by atoms with Crippen molar-refractivity contribution in [3.8, 4) is 0 Å². The summed E-state index contributed by atoms with van der Waals surface area (Å²) in [4.78, 5) is 56.2. The number of hydrogen-bond acceptors (Lipinski definition) is 8. The maximum atomic E-state index is 12.1. The Balaban J connectivity index is 4.97. The van der Waals surface area contributed by atoms with Crippen LogP contribution < -0.4 is 11.1 Å². The van der Waals surface area contributed by atoms with Gasteiger partial charge in [0.25, 0.3) is 5.91 Å². The first-order valence-electron chi connectivity index (χ1n) is 6.99. The molecule has 0 aromatic carbocycles. The van der Waals surface area contributed by atoms with Crippen molar-refractivity contribution in [2.24, 2.45) is 5.73 Å². The summed E-state index contributed by atoms with van der Waals surface area (Å²) in [6.45, 7) is 0. The Labute approximate surface area is 151 Å². The zero-order valence-corrected chi connectivity index (χ0v) is 14.4. The lowest BCUT2D eigenvalue weighted by Crippen LogP contribution is -2.50. The van der Waals surface area contributed by atoms with Gasteiger partial charge in [-0.2, -0.15) is 0 Å². The van der Waals surface area contributed by atoms with Gasteiger partial charge in [-0.1, -0.05) is 0 Å². The lowest BCUT2D eigenvalue weighted by molar-refractivity contribution is -0.139. The molecule has 0 aliphatic rings. The lowest BCUT2D eigenvalue weighted by Gasteiger charge is -2.21. The minimum atomic E-state index is -1.60. The van der Waals surface area contributed by atoms with Crippen molar-refractivity contribution in [1.29, 1.82) is 0 Å². The summed E-state index contributed by atoms with van der Waals surface area (Å²) < 4.78 is 0. The molecule has 0 rings (SSSR count). The molecule has 0 saturated carbocycles. The van der Waals surface area contributed by atoms with E-state index >= 15 is 0 Å². The minimum absolute atomic E-state index is 0.205. The van der Waals surface area contributed by atoms with Crippen LogP contribution in [-0.4, -0.2) is 80.1 Å². The van der Waals surface area contributed by atoms with Crippen molar-refractivity contribution >= 4 is 41.6 Å². The SMILES string of the molecule is CN(C(=O)O)C(=O)C(CSC=C(O)C(=O)O)NC(=O)CCC(N)C(=O)O. The molecule has 2 unspecified atom stereocenters. The van der Waals surface area contributed by atoms with Gasteiger partial charge in [-0.3, -0.25) is 14.4 Å². The number of thioether (sulfide) groups is 1. The van der Waals surface area contributed by atoms with Crippen molar-refractivity contribution in [2.45, 2.75) is 24.9 Å². The molecule has 0 aromatic rings. The molecular weight excluding hydrogens is 374 g/mol. The van der Waals surface area contributed by atoms with E-state index in [1.165, 1.54) is 0 Å². The first-order chi connectivity index (χ1) is 12.0. The van der Waals surface area contributed by atoms with E-state index in [4.69, 9.17) is 26.2 Å². The number of nitrogens with two attached hydrogens (primary N) is 1. The highest BCUT2D eigenvalue weighted by Gasteiger charge is 2.27. The highest BCUT2D eigenvalue weighted by Crippen LogP contribution is 2.10. The van der Waals surface area contributed by atoms with Gasteiger partial charge in [-0.05, 0) is 6.42 Å².